The van der Waals surface area contributed by atoms with Gasteiger partial charge in [-0.2, -0.15) is 4.73 Å². The average Bonchev–Trinajstić information content (AvgIpc) is 3.22. The molecule has 2 amide bonds. The van der Waals surface area contributed by atoms with Gasteiger partial charge in [-0.25, -0.2) is 4.98 Å². The van der Waals surface area contributed by atoms with Crippen molar-refractivity contribution in [3.63, 3.8) is 0 Å². The van der Waals surface area contributed by atoms with Gasteiger partial charge in [0.25, 0.3) is 5.91 Å². The summed E-state index contributed by atoms with van der Waals surface area (Å²) in [4.78, 5) is 27.3. The Labute approximate surface area is 146 Å². The number of hydrogen-bond acceptors (Lipinski definition) is 6. The van der Waals surface area contributed by atoms with Crippen LogP contribution in [0, 0.1) is 5.21 Å². The summed E-state index contributed by atoms with van der Waals surface area (Å²) in [7, 11) is 0. The molecule has 3 aromatic rings. The van der Waals surface area contributed by atoms with Gasteiger partial charge in [0.1, 0.15) is 11.5 Å². The van der Waals surface area contributed by atoms with Gasteiger partial charge in [0.05, 0.1) is 12.1 Å². The minimum atomic E-state index is -0.354. The first-order valence-corrected chi connectivity index (χ1v) is 8.18. The molecule has 0 spiro atoms. The van der Waals surface area contributed by atoms with Gasteiger partial charge in [-0.05, 0) is 12.1 Å². The molecule has 0 radical (unpaired) electrons. The topological polar surface area (TPSA) is 111 Å². The summed E-state index contributed by atoms with van der Waals surface area (Å²) in [5.41, 5.74) is 0.944. The van der Waals surface area contributed by atoms with Crippen molar-refractivity contribution < 1.29 is 18.7 Å². The van der Waals surface area contributed by atoms with E-state index in [4.69, 9.17) is 4.42 Å². The van der Waals surface area contributed by atoms with E-state index in [1.54, 1.807) is 17.5 Å². The van der Waals surface area contributed by atoms with Crippen LogP contribution in [-0.4, -0.2) is 16.8 Å². The molecule has 25 heavy (non-hydrogen) atoms. The van der Waals surface area contributed by atoms with Crippen molar-refractivity contribution >= 4 is 28.3 Å². The normalized spacial score (nSPS) is 10.4. The standard InChI is InChI=1S/C16H14N4O4S/c1-10(21)17-8-12-2-3-14(24-12)13-9-25-16(18-13)19-15(22)11-4-6-20(23)7-5-11/h2-7,9H,8H2,1H3,(H,17,21)(H,18,19,22). The van der Waals surface area contributed by atoms with Gasteiger partial charge < -0.3 is 14.9 Å². The molecule has 0 saturated carbocycles. The monoisotopic (exact) mass is 358 g/mol. The minimum Gasteiger partial charge on any atom is -0.619 e. The molecule has 3 rings (SSSR count). The maximum atomic E-state index is 12.1. The number of carbonyl (C=O) groups is 2. The molecule has 3 heterocycles. The van der Waals surface area contributed by atoms with Crippen molar-refractivity contribution in [2.24, 2.45) is 0 Å². The summed E-state index contributed by atoms with van der Waals surface area (Å²) in [6, 6.07) is 6.36. The lowest BCUT2D eigenvalue weighted by atomic mass is 10.2. The number of hydrogen-bond donors (Lipinski definition) is 2. The second kappa shape index (κ2) is 7.14. The van der Waals surface area contributed by atoms with Crippen LogP contribution < -0.4 is 15.4 Å². The Bertz CT molecular complexity index is 901. The van der Waals surface area contributed by atoms with E-state index in [2.05, 4.69) is 15.6 Å². The molecule has 0 aliphatic carbocycles. The number of rotatable bonds is 5. The van der Waals surface area contributed by atoms with Crippen LogP contribution in [0.25, 0.3) is 11.5 Å². The maximum Gasteiger partial charge on any atom is 0.257 e. The van der Waals surface area contributed by atoms with Gasteiger partial charge in [-0.15, -0.1) is 11.3 Å². The Hall–Kier alpha value is -3.20. The highest BCUT2D eigenvalue weighted by Gasteiger charge is 2.13. The van der Waals surface area contributed by atoms with Crippen LogP contribution in [0.15, 0.2) is 46.5 Å². The molecule has 0 aliphatic rings. The zero-order valence-electron chi connectivity index (χ0n) is 13.2. The highest BCUT2D eigenvalue weighted by molar-refractivity contribution is 7.14. The molecule has 8 nitrogen and oxygen atoms in total. The van der Waals surface area contributed by atoms with Gasteiger partial charge >= 0.3 is 0 Å². The van der Waals surface area contributed by atoms with Crippen molar-refractivity contribution in [3.8, 4) is 11.5 Å². The molecule has 0 bridgehead atoms. The number of nitrogens with one attached hydrogen (secondary N) is 2. The largest absolute Gasteiger partial charge is 0.619 e. The number of nitrogens with zero attached hydrogens (tertiary/aromatic N) is 2. The fourth-order valence-corrected chi connectivity index (χ4v) is 2.69. The Morgan fingerprint density at radius 2 is 2.04 bits per heavy atom. The smallest absolute Gasteiger partial charge is 0.257 e. The Morgan fingerprint density at radius 1 is 1.28 bits per heavy atom. The second-order valence-corrected chi connectivity index (χ2v) is 5.97. The average molecular weight is 358 g/mol. The molecular weight excluding hydrogens is 344 g/mol. The van der Waals surface area contributed by atoms with E-state index >= 15 is 0 Å². The van der Waals surface area contributed by atoms with Crippen LogP contribution >= 0.6 is 11.3 Å². The fraction of sp³-hybridized carbons (Fsp3) is 0.125. The summed E-state index contributed by atoms with van der Waals surface area (Å²) in [5, 5.41) is 18.5. The highest BCUT2D eigenvalue weighted by atomic mass is 32.1. The molecule has 0 saturated heterocycles. The zero-order chi connectivity index (χ0) is 17.8. The lowest BCUT2D eigenvalue weighted by Crippen LogP contribution is -2.25. The summed E-state index contributed by atoms with van der Waals surface area (Å²) in [6.07, 6.45) is 2.50. The number of pyridine rings is 1. The van der Waals surface area contributed by atoms with Gasteiger partial charge in [0.15, 0.2) is 23.3 Å². The van der Waals surface area contributed by atoms with Crippen LogP contribution in [0.5, 0.6) is 0 Å². The Kier molecular flexibility index (Phi) is 4.75. The predicted molar refractivity (Wildman–Crippen MR) is 90.7 cm³/mol. The van der Waals surface area contributed by atoms with Crippen LogP contribution in [0.2, 0.25) is 0 Å². The third kappa shape index (κ3) is 4.21. The van der Waals surface area contributed by atoms with Crippen molar-refractivity contribution in [3.05, 3.63) is 58.6 Å². The van der Waals surface area contributed by atoms with Crippen LogP contribution in [0.1, 0.15) is 23.0 Å². The first-order chi connectivity index (χ1) is 12.0. The van der Waals surface area contributed by atoms with Crippen molar-refractivity contribution in [2.45, 2.75) is 13.5 Å². The first-order valence-electron chi connectivity index (χ1n) is 7.30. The van der Waals surface area contributed by atoms with Crippen LogP contribution in [-0.2, 0) is 11.3 Å². The summed E-state index contributed by atoms with van der Waals surface area (Å²) in [5.74, 6) is 0.663. The number of thiazole rings is 1. The maximum absolute atomic E-state index is 12.1. The summed E-state index contributed by atoms with van der Waals surface area (Å²) >= 11 is 1.26. The molecule has 0 atom stereocenters. The Balaban J connectivity index is 1.67. The molecule has 0 aliphatic heterocycles. The van der Waals surface area contributed by atoms with Gasteiger partial charge in [0.2, 0.25) is 5.91 Å². The SMILES string of the molecule is CC(=O)NCc1ccc(-c2csc(NC(=O)c3cc[n+]([O-])cc3)n2)o1. The predicted octanol–water partition coefficient (Wildman–Crippen LogP) is 1.92. The quantitative estimate of drug-likeness (QED) is 0.535. The molecule has 0 aromatic carbocycles. The van der Waals surface area contributed by atoms with Gasteiger partial charge in [-0.3, -0.25) is 14.9 Å². The first kappa shape index (κ1) is 16.7. The van der Waals surface area contributed by atoms with E-state index in [0.717, 1.165) is 0 Å². The highest BCUT2D eigenvalue weighted by Crippen LogP contribution is 2.26. The number of furan rings is 1. The number of aromatic nitrogens is 2. The van der Waals surface area contributed by atoms with E-state index in [-0.39, 0.29) is 11.8 Å². The number of amides is 2. The van der Waals surface area contributed by atoms with E-state index in [1.165, 1.54) is 42.8 Å². The Morgan fingerprint density at radius 3 is 2.76 bits per heavy atom. The molecular formula is C16H14N4O4S. The van der Waals surface area contributed by atoms with Crippen molar-refractivity contribution in [1.29, 1.82) is 0 Å². The molecule has 3 aromatic heterocycles. The molecule has 128 valence electrons. The molecule has 2 N–H and O–H groups in total. The third-order valence-corrected chi connectivity index (χ3v) is 3.97. The molecule has 9 heteroatoms. The van der Waals surface area contributed by atoms with E-state index < -0.39 is 0 Å². The number of carbonyl (C=O) groups excluding carboxylic acids is 2. The van der Waals surface area contributed by atoms with Gasteiger partial charge in [-0.1, -0.05) is 0 Å². The van der Waals surface area contributed by atoms with E-state index in [9.17, 15) is 14.8 Å². The second-order valence-electron chi connectivity index (χ2n) is 5.11. The van der Waals surface area contributed by atoms with Crippen LogP contribution in [0.4, 0.5) is 5.13 Å². The van der Waals surface area contributed by atoms with Crippen molar-refractivity contribution in [1.82, 2.24) is 10.3 Å². The third-order valence-electron chi connectivity index (χ3n) is 3.21. The fourth-order valence-electron chi connectivity index (χ4n) is 2.00. The summed E-state index contributed by atoms with van der Waals surface area (Å²) in [6.45, 7) is 1.74. The molecule has 0 fully saturated rings. The lowest BCUT2D eigenvalue weighted by molar-refractivity contribution is -0.605. The molecule has 0 unspecified atom stereocenters. The number of anilines is 1. The van der Waals surface area contributed by atoms with Gasteiger partial charge in [0, 0.05) is 24.4 Å². The van der Waals surface area contributed by atoms with Crippen LogP contribution in [0.3, 0.4) is 0 Å². The van der Waals surface area contributed by atoms with Crippen molar-refractivity contribution in [2.75, 3.05) is 5.32 Å². The minimum absolute atomic E-state index is 0.139. The van der Waals surface area contributed by atoms with E-state index in [1.807, 2.05) is 0 Å². The lowest BCUT2D eigenvalue weighted by Gasteiger charge is -2.01. The summed E-state index contributed by atoms with van der Waals surface area (Å²) < 4.78 is 6.22. The van der Waals surface area contributed by atoms with E-state index in [0.29, 0.717) is 39.2 Å². The zero-order valence-corrected chi connectivity index (χ0v) is 14.0.